The second kappa shape index (κ2) is 27.4. The fourth-order valence-electron chi connectivity index (χ4n) is 8.47. The molecule has 0 radical (unpaired) electrons. The summed E-state index contributed by atoms with van der Waals surface area (Å²) in [5.74, 6) is 4.29. The number of hydrogen-bond donors (Lipinski definition) is 0. The van der Waals surface area contributed by atoms with E-state index in [0.29, 0.717) is 12.2 Å². The van der Waals surface area contributed by atoms with Crippen molar-refractivity contribution in [2.45, 2.75) is 179 Å². The molecule has 0 amide bonds. The minimum atomic E-state index is 0.529. The zero-order valence-corrected chi connectivity index (χ0v) is 32.3. The molecule has 0 saturated carbocycles. The van der Waals surface area contributed by atoms with Gasteiger partial charge in [-0.05, 0) is 137 Å². The first kappa shape index (κ1) is 40.5. The molecule has 276 valence electrons. The summed E-state index contributed by atoms with van der Waals surface area (Å²) in [5.41, 5.74) is 2.98. The Balaban J connectivity index is 0.925. The molecule has 2 nitrogen and oxygen atoms in total. The second-order valence-electron chi connectivity index (χ2n) is 15.5. The molecule has 0 spiro atoms. The lowest BCUT2D eigenvalue weighted by Crippen LogP contribution is -2.28. The standard InChI is InChI=1S/C46H74O2S/c1(5-15-31-43(45-35-17-19-37-47-45)33-23-29-41-25-11-9-12-26-41)3-7-21-39-49-40-22-8-4-2-6-16-32-44(46-36-18-20-38-48-46)34-24-30-42-27-13-10-14-28-42/h9-14,25-28,43-46H,1-8,15-24,29-40H2. The molecule has 4 unspecified atom stereocenters. The van der Waals surface area contributed by atoms with Crippen molar-refractivity contribution in [1.29, 1.82) is 0 Å². The molecule has 0 N–H and O–H groups in total. The number of thioether (sulfide) groups is 1. The van der Waals surface area contributed by atoms with Crippen molar-refractivity contribution in [3.8, 4) is 0 Å². The molecule has 0 aromatic heterocycles. The van der Waals surface area contributed by atoms with Gasteiger partial charge in [-0.25, -0.2) is 0 Å². The van der Waals surface area contributed by atoms with Crippen molar-refractivity contribution < 1.29 is 9.47 Å². The maximum atomic E-state index is 6.26. The molecule has 4 atom stereocenters. The summed E-state index contributed by atoms with van der Waals surface area (Å²) in [4.78, 5) is 0. The number of hydrogen-bond acceptors (Lipinski definition) is 3. The van der Waals surface area contributed by atoms with E-state index in [0.717, 1.165) is 25.0 Å². The molecule has 2 aliphatic heterocycles. The summed E-state index contributed by atoms with van der Waals surface area (Å²) in [6.45, 7) is 1.98. The predicted molar refractivity (Wildman–Crippen MR) is 215 cm³/mol. The largest absolute Gasteiger partial charge is 0.378 e. The zero-order valence-electron chi connectivity index (χ0n) is 31.5. The Morgan fingerprint density at radius 2 is 0.837 bits per heavy atom. The Kier molecular flexibility index (Phi) is 22.6. The van der Waals surface area contributed by atoms with Crippen LogP contribution in [0.25, 0.3) is 0 Å². The van der Waals surface area contributed by atoms with E-state index in [-0.39, 0.29) is 0 Å². The maximum absolute atomic E-state index is 6.26. The molecule has 4 rings (SSSR count). The SMILES string of the molecule is c1ccc(CCCC(CCCCCCCCSCCCCCCCCC(CCCc2ccccc2)C2CCCCO2)C2CCCCO2)cc1. The minimum absolute atomic E-state index is 0.529. The van der Waals surface area contributed by atoms with Crippen LogP contribution >= 0.6 is 11.8 Å². The highest BCUT2D eigenvalue weighted by molar-refractivity contribution is 7.99. The third-order valence-corrected chi connectivity index (χ3v) is 12.6. The van der Waals surface area contributed by atoms with Crippen LogP contribution in [0.15, 0.2) is 60.7 Å². The van der Waals surface area contributed by atoms with Gasteiger partial charge in [-0.2, -0.15) is 11.8 Å². The molecule has 0 bridgehead atoms. The number of aryl methyl sites for hydroxylation is 2. The van der Waals surface area contributed by atoms with Crippen LogP contribution in [0.4, 0.5) is 0 Å². The van der Waals surface area contributed by atoms with Gasteiger partial charge in [0.05, 0.1) is 12.2 Å². The summed E-state index contributed by atoms with van der Waals surface area (Å²) in [7, 11) is 0. The summed E-state index contributed by atoms with van der Waals surface area (Å²) in [5, 5.41) is 0. The van der Waals surface area contributed by atoms with Crippen LogP contribution in [-0.4, -0.2) is 36.9 Å². The van der Waals surface area contributed by atoms with Crippen LogP contribution < -0.4 is 0 Å². The fraction of sp³-hybridized carbons (Fsp3) is 0.739. The van der Waals surface area contributed by atoms with Crippen molar-refractivity contribution in [3.63, 3.8) is 0 Å². The molecule has 2 aromatic carbocycles. The number of unbranched alkanes of at least 4 members (excludes halogenated alkanes) is 10. The highest BCUT2D eigenvalue weighted by atomic mass is 32.2. The minimum Gasteiger partial charge on any atom is -0.378 e. The van der Waals surface area contributed by atoms with E-state index >= 15 is 0 Å². The number of benzene rings is 2. The van der Waals surface area contributed by atoms with Crippen molar-refractivity contribution >= 4 is 11.8 Å². The Labute approximate surface area is 307 Å². The average molecular weight is 691 g/mol. The first-order valence-electron chi connectivity index (χ1n) is 21.3. The molecule has 0 aliphatic carbocycles. The van der Waals surface area contributed by atoms with Gasteiger partial charge in [0, 0.05) is 13.2 Å². The van der Waals surface area contributed by atoms with Gasteiger partial charge in [-0.1, -0.05) is 125 Å². The van der Waals surface area contributed by atoms with Gasteiger partial charge in [0.25, 0.3) is 0 Å². The summed E-state index contributed by atoms with van der Waals surface area (Å²) >= 11 is 2.21. The summed E-state index contributed by atoms with van der Waals surface area (Å²) in [6, 6.07) is 22.1. The van der Waals surface area contributed by atoms with E-state index < -0.39 is 0 Å². The van der Waals surface area contributed by atoms with Crippen LogP contribution in [0, 0.1) is 11.8 Å². The molecular weight excluding hydrogens is 617 g/mol. The zero-order chi connectivity index (χ0) is 33.9. The Bertz CT molecular complexity index is 919. The maximum Gasteiger partial charge on any atom is 0.0603 e. The number of rotatable bonds is 28. The molecule has 2 aliphatic rings. The molecule has 2 saturated heterocycles. The number of ether oxygens (including phenoxy) is 2. The molecular formula is C46H74O2S. The first-order valence-corrected chi connectivity index (χ1v) is 22.4. The second-order valence-corrected chi connectivity index (χ2v) is 16.7. The van der Waals surface area contributed by atoms with Crippen molar-refractivity contribution in [2.75, 3.05) is 24.7 Å². The lowest BCUT2D eigenvalue weighted by molar-refractivity contribution is -0.0265. The quantitative estimate of drug-likeness (QED) is 0.0828. The van der Waals surface area contributed by atoms with E-state index in [2.05, 4.69) is 72.4 Å². The van der Waals surface area contributed by atoms with E-state index in [1.54, 1.807) is 0 Å². The molecule has 2 heterocycles. The van der Waals surface area contributed by atoms with Crippen LogP contribution in [0.3, 0.4) is 0 Å². The van der Waals surface area contributed by atoms with Crippen molar-refractivity contribution in [2.24, 2.45) is 11.8 Å². The summed E-state index contributed by atoms with van der Waals surface area (Å²) in [6.07, 6.45) is 36.4. The molecule has 49 heavy (non-hydrogen) atoms. The van der Waals surface area contributed by atoms with Crippen LogP contribution in [0.2, 0.25) is 0 Å². The van der Waals surface area contributed by atoms with E-state index in [1.165, 1.54) is 190 Å². The highest BCUT2D eigenvalue weighted by Crippen LogP contribution is 2.30. The topological polar surface area (TPSA) is 18.5 Å². The lowest BCUT2D eigenvalue weighted by atomic mass is 9.86. The van der Waals surface area contributed by atoms with Gasteiger partial charge in [0.15, 0.2) is 0 Å². The molecule has 2 aromatic rings. The summed E-state index contributed by atoms with van der Waals surface area (Å²) < 4.78 is 12.5. The monoisotopic (exact) mass is 691 g/mol. The molecule has 2 fully saturated rings. The Morgan fingerprint density at radius 1 is 0.449 bits per heavy atom. The predicted octanol–water partition coefficient (Wildman–Crippen LogP) is 13.6. The van der Waals surface area contributed by atoms with E-state index in [1.807, 2.05) is 0 Å². The normalized spacial score (nSPS) is 19.5. The lowest BCUT2D eigenvalue weighted by Gasteiger charge is -2.31. The van der Waals surface area contributed by atoms with E-state index in [9.17, 15) is 0 Å². The third kappa shape index (κ3) is 18.7. The van der Waals surface area contributed by atoms with Crippen LogP contribution in [-0.2, 0) is 22.3 Å². The van der Waals surface area contributed by atoms with Gasteiger partial charge in [0.1, 0.15) is 0 Å². The van der Waals surface area contributed by atoms with E-state index in [4.69, 9.17) is 9.47 Å². The first-order chi connectivity index (χ1) is 24.4. The van der Waals surface area contributed by atoms with Gasteiger partial charge >= 0.3 is 0 Å². The van der Waals surface area contributed by atoms with Crippen LogP contribution in [0.1, 0.15) is 165 Å². The van der Waals surface area contributed by atoms with Gasteiger partial charge in [-0.3, -0.25) is 0 Å². The van der Waals surface area contributed by atoms with Crippen LogP contribution in [0.5, 0.6) is 0 Å². The Morgan fingerprint density at radius 3 is 1.24 bits per heavy atom. The van der Waals surface area contributed by atoms with Gasteiger partial charge in [0.2, 0.25) is 0 Å². The van der Waals surface area contributed by atoms with Gasteiger partial charge in [-0.15, -0.1) is 0 Å². The highest BCUT2D eigenvalue weighted by Gasteiger charge is 2.25. The smallest absolute Gasteiger partial charge is 0.0603 e. The van der Waals surface area contributed by atoms with Crippen molar-refractivity contribution in [3.05, 3.63) is 71.8 Å². The van der Waals surface area contributed by atoms with Crippen molar-refractivity contribution in [1.82, 2.24) is 0 Å². The average Bonchev–Trinajstić information content (AvgIpc) is 3.16. The molecule has 3 heteroatoms. The fourth-order valence-corrected chi connectivity index (χ4v) is 9.49. The van der Waals surface area contributed by atoms with Gasteiger partial charge < -0.3 is 9.47 Å². The third-order valence-electron chi connectivity index (χ3n) is 11.5. The Hall–Kier alpha value is -1.29.